The third-order valence-corrected chi connectivity index (χ3v) is 1.94. The van der Waals surface area contributed by atoms with Crippen LogP contribution in [0.5, 0.6) is 0 Å². The minimum absolute atomic E-state index is 0.567. The standard InChI is InChI=1S/C13H11B2N/c1-3-5-10(8-11(14)4-2)13-9-12(15)6-7-16-13/h3-9H,1-2H2/b10-5+,11-8+. The second-order valence-electron chi connectivity index (χ2n) is 3.18. The molecule has 0 N–H and O–H groups in total. The fourth-order valence-corrected chi connectivity index (χ4v) is 1.18. The molecular formula is C13H11B2N. The van der Waals surface area contributed by atoms with Crippen LogP contribution in [-0.4, -0.2) is 20.7 Å². The maximum Gasteiger partial charge on any atom is 0.113 e. The Morgan fingerprint density at radius 1 is 1.38 bits per heavy atom. The van der Waals surface area contributed by atoms with E-state index in [9.17, 15) is 0 Å². The van der Waals surface area contributed by atoms with Crippen LogP contribution < -0.4 is 5.46 Å². The van der Waals surface area contributed by atoms with Gasteiger partial charge in [-0.1, -0.05) is 54.5 Å². The number of nitrogens with zero attached hydrogens (tertiary/aromatic N) is 1. The molecule has 0 atom stereocenters. The SMILES string of the molecule is [B]/C(C=C)=C/C(=C\C=C)c1cc([B])ccn1. The summed E-state index contributed by atoms with van der Waals surface area (Å²) in [4.78, 5) is 4.22. The highest BCUT2D eigenvalue weighted by Gasteiger charge is 1.99. The van der Waals surface area contributed by atoms with Crippen LogP contribution in [0.25, 0.3) is 5.57 Å². The summed E-state index contributed by atoms with van der Waals surface area (Å²) in [5.41, 5.74) is 2.83. The lowest BCUT2D eigenvalue weighted by Gasteiger charge is -2.03. The van der Waals surface area contributed by atoms with Crippen LogP contribution >= 0.6 is 0 Å². The van der Waals surface area contributed by atoms with Crippen molar-refractivity contribution in [2.45, 2.75) is 0 Å². The Labute approximate surface area is 99.1 Å². The highest BCUT2D eigenvalue weighted by Crippen LogP contribution is 2.13. The van der Waals surface area contributed by atoms with E-state index in [0.29, 0.717) is 10.9 Å². The van der Waals surface area contributed by atoms with E-state index in [1.54, 1.807) is 36.6 Å². The Balaban J connectivity index is 3.18. The number of hydrogen-bond donors (Lipinski definition) is 0. The summed E-state index contributed by atoms with van der Waals surface area (Å²) in [6.07, 6.45) is 8.49. The fourth-order valence-electron chi connectivity index (χ4n) is 1.18. The molecular weight excluding hydrogens is 192 g/mol. The Morgan fingerprint density at radius 3 is 2.69 bits per heavy atom. The largest absolute Gasteiger partial charge is 0.256 e. The minimum atomic E-state index is 0.567. The highest BCUT2D eigenvalue weighted by atomic mass is 14.7. The molecule has 0 aromatic carbocycles. The van der Waals surface area contributed by atoms with Gasteiger partial charge in [0.1, 0.15) is 15.7 Å². The first-order valence-corrected chi connectivity index (χ1v) is 4.81. The first kappa shape index (κ1) is 12.3. The van der Waals surface area contributed by atoms with Crippen LogP contribution in [0, 0.1) is 0 Å². The molecule has 0 spiro atoms. The molecule has 1 nitrogen and oxygen atoms in total. The molecule has 74 valence electrons. The predicted octanol–water partition coefficient (Wildman–Crippen LogP) is 1.68. The zero-order chi connectivity index (χ0) is 12.0. The smallest absolute Gasteiger partial charge is 0.113 e. The molecule has 4 radical (unpaired) electrons. The average molecular weight is 203 g/mol. The zero-order valence-electron chi connectivity index (χ0n) is 9.06. The third kappa shape index (κ3) is 3.43. The summed E-state index contributed by atoms with van der Waals surface area (Å²) >= 11 is 0. The molecule has 0 amide bonds. The molecule has 1 aromatic rings. The van der Waals surface area contributed by atoms with Crippen molar-refractivity contribution in [3.63, 3.8) is 0 Å². The number of rotatable bonds is 4. The third-order valence-electron chi connectivity index (χ3n) is 1.94. The number of hydrogen-bond acceptors (Lipinski definition) is 1. The molecule has 0 aliphatic heterocycles. The molecule has 0 bridgehead atoms. The van der Waals surface area contributed by atoms with Crippen LogP contribution in [0.2, 0.25) is 0 Å². The maximum atomic E-state index is 5.69. The van der Waals surface area contributed by atoms with Gasteiger partial charge < -0.3 is 0 Å². The number of pyridine rings is 1. The van der Waals surface area contributed by atoms with E-state index >= 15 is 0 Å². The monoisotopic (exact) mass is 203 g/mol. The van der Waals surface area contributed by atoms with Gasteiger partial charge in [0.25, 0.3) is 0 Å². The zero-order valence-corrected chi connectivity index (χ0v) is 9.06. The van der Waals surface area contributed by atoms with Crippen LogP contribution in [0.3, 0.4) is 0 Å². The summed E-state index contributed by atoms with van der Waals surface area (Å²) < 4.78 is 0. The normalized spacial score (nSPS) is 12.2. The molecule has 0 unspecified atom stereocenters. The Morgan fingerprint density at radius 2 is 2.12 bits per heavy atom. The second kappa shape index (κ2) is 5.96. The predicted molar refractivity (Wildman–Crippen MR) is 71.8 cm³/mol. The summed E-state index contributed by atoms with van der Waals surface area (Å²) in [7, 11) is 11.4. The van der Waals surface area contributed by atoms with Gasteiger partial charge in [-0.2, -0.15) is 0 Å². The molecule has 3 heteroatoms. The second-order valence-corrected chi connectivity index (χ2v) is 3.18. The lowest BCUT2D eigenvalue weighted by molar-refractivity contribution is 1.29. The quantitative estimate of drug-likeness (QED) is 0.535. The van der Waals surface area contributed by atoms with Crippen molar-refractivity contribution < 1.29 is 0 Å². The van der Waals surface area contributed by atoms with Crippen molar-refractivity contribution in [1.29, 1.82) is 0 Å². The van der Waals surface area contributed by atoms with Gasteiger partial charge in [-0.25, -0.2) is 0 Å². The van der Waals surface area contributed by atoms with Crippen LogP contribution in [0.4, 0.5) is 0 Å². The molecule has 1 rings (SSSR count). The van der Waals surface area contributed by atoms with Crippen molar-refractivity contribution in [3.8, 4) is 0 Å². The molecule has 0 aliphatic carbocycles. The van der Waals surface area contributed by atoms with Gasteiger partial charge in [0, 0.05) is 6.20 Å². The lowest BCUT2D eigenvalue weighted by atomic mass is 9.91. The Bertz CT molecular complexity index is 459. The summed E-state index contributed by atoms with van der Waals surface area (Å²) in [5, 5.41) is 0. The highest BCUT2D eigenvalue weighted by molar-refractivity contribution is 6.32. The number of aromatic nitrogens is 1. The Kier molecular flexibility index (Phi) is 4.59. The lowest BCUT2D eigenvalue weighted by Crippen LogP contribution is -2.03. The number of allylic oxidation sites excluding steroid dienone is 6. The Hall–Kier alpha value is -1.76. The first-order valence-electron chi connectivity index (χ1n) is 4.81. The van der Waals surface area contributed by atoms with Gasteiger partial charge in [0.05, 0.1) is 5.69 Å². The average Bonchev–Trinajstić information content (AvgIpc) is 2.28. The van der Waals surface area contributed by atoms with Gasteiger partial charge in [0.15, 0.2) is 0 Å². The molecule has 0 saturated carbocycles. The van der Waals surface area contributed by atoms with Gasteiger partial charge in [-0.15, -0.1) is 0 Å². The molecule has 0 fully saturated rings. The molecule has 0 aliphatic rings. The van der Waals surface area contributed by atoms with Gasteiger partial charge in [-0.3, -0.25) is 4.98 Å². The van der Waals surface area contributed by atoms with Crippen LogP contribution in [0.15, 0.2) is 61.3 Å². The van der Waals surface area contributed by atoms with E-state index in [-0.39, 0.29) is 0 Å². The molecule has 1 heterocycles. The van der Waals surface area contributed by atoms with Crippen LogP contribution in [-0.2, 0) is 0 Å². The van der Waals surface area contributed by atoms with Crippen molar-refractivity contribution in [2.24, 2.45) is 0 Å². The van der Waals surface area contributed by atoms with Gasteiger partial charge in [0.2, 0.25) is 0 Å². The van der Waals surface area contributed by atoms with E-state index in [1.165, 1.54) is 0 Å². The minimum Gasteiger partial charge on any atom is -0.256 e. The van der Waals surface area contributed by atoms with Crippen molar-refractivity contribution in [1.82, 2.24) is 4.98 Å². The van der Waals surface area contributed by atoms with E-state index in [1.807, 2.05) is 6.08 Å². The van der Waals surface area contributed by atoms with Crippen molar-refractivity contribution in [3.05, 3.63) is 67.0 Å². The maximum absolute atomic E-state index is 5.69. The van der Waals surface area contributed by atoms with Gasteiger partial charge >= 0.3 is 0 Å². The summed E-state index contributed by atoms with van der Waals surface area (Å²) in [6.45, 7) is 7.24. The summed E-state index contributed by atoms with van der Waals surface area (Å²) in [6, 6.07) is 3.51. The van der Waals surface area contributed by atoms with E-state index in [2.05, 4.69) is 18.1 Å². The first-order chi connectivity index (χ1) is 7.67. The van der Waals surface area contributed by atoms with E-state index < -0.39 is 0 Å². The molecule has 0 saturated heterocycles. The fraction of sp³-hybridized carbons (Fsp3) is 0. The van der Waals surface area contributed by atoms with E-state index in [4.69, 9.17) is 15.7 Å². The van der Waals surface area contributed by atoms with Gasteiger partial charge in [-0.05, 0) is 11.6 Å². The topological polar surface area (TPSA) is 12.9 Å². The molecule has 1 aromatic heterocycles. The van der Waals surface area contributed by atoms with Crippen molar-refractivity contribution in [2.75, 3.05) is 0 Å². The molecule has 16 heavy (non-hydrogen) atoms. The summed E-state index contributed by atoms with van der Waals surface area (Å²) in [5.74, 6) is 0. The van der Waals surface area contributed by atoms with Crippen molar-refractivity contribution >= 4 is 26.7 Å². The van der Waals surface area contributed by atoms with Crippen LogP contribution in [0.1, 0.15) is 5.69 Å². The van der Waals surface area contributed by atoms with E-state index in [0.717, 1.165) is 11.3 Å².